The zero-order valence-corrected chi connectivity index (χ0v) is 10.5. The van der Waals surface area contributed by atoms with E-state index in [4.69, 9.17) is 16.3 Å². The molecule has 0 atom stereocenters. The Kier molecular flexibility index (Phi) is 3.57. The minimum atomic E-state index is -0.352. The van der Waals surface area contributed by atoms with E-state index in [1.54, 1.807) is 6.07 Å². The number of nitrogens with one attached hydrogen (secondary N) is 1. The summed E-state index contributed by atoms with van der Waals surface area (Å²) >= 11 is 5.71. The molecule has 1 heterocycles. The summed E-state index contributed by atoms with van der Waals surface area (Å²) in [5, 5.41) is 2.86. The van der Waals surface area contributed by atoms with Crippen molar-refractivity contribution in [3.63, 3.8) is 0 Å². The predicted molar refractivity (Wildman–Crippen MR) is 65.8 cm³/mol. The minimum absolute atomic E-state index is 0.00148. The lowest BCUT2D eigenvalue weighted by atomic mass is 10.2. The highest BCUT2D eigenvalue weighted by molar-refractivity contribution is 6.28. The van der Waals surface area contributed by atoms with Crippen LogP contribution in [0.2, 0.25) is 5.28 Å². The molecule has 0 radical (unpaired) electrons. The third-order valence-corrected chi connectivity index (χ3v) is 2.39. The number of aromatic nitrogens is 3. The maximum Gasteiger partial charge on any atom is 0.322 e. The van der Waals surface area contributed by atoms with E-state index < -0.39 is 0 Å². The van der Waals surface area contributed by atoms with Crippen LogP contribution in [0, 0.1) is 12.7 Å². The molecule has 0 saturated carbocycles. The molecule has 94 valence electrons. The van der Waals surface area contributed by atoms with E-state index in [9.17, 15) is 4.39 Å². The molecular weight excluding hydrogens is 259 g/mol. The van der Waals surface area contributed by atoms with Crippen LogP contribution in [0.25, 0.3) is 0 Å². The molecule has 0 fully saturated rings. The van der Waals surface area contributed by atoms with Crippen LogP contribution in [0.1, 0.15) is 5.56 Å². The smallest absolute Gasteiger partial charge is 0.322 e. The van der Waals surface area contributed by atoms with Gasteiger partial charge in [-0.1, -0.05) is 6.07 Å². The van der Waals surface area contributed by atoms with Crippen LogP contribution in [0.3, 0.4) is 0 Å². The van der Waals surface area contributed by atoms with Gasteiger partial charge in [-0.25, -0.2) is 4.39 Å². The normalized spacial score (nSPS) is 10.2. The van der Waals surface area contributed by atoms with Crippen molar-refractivity contribution in [1.29, 1.82) is 0 Å². The Morgan fingerprint density at radius 3 is 2.78 bits per heavy atom. The average Bonchev–Trinajstić information content (AvgIpc) is 2.33. The van der Waals surface area contributed by atoms with Crippen LogP contribution in [-0.4, -0.2) is 22.1 Å². The lowest BCUT2D eigenvalue weighted by Gasteiger charge is -2.08. The van der Waals surface area contributed by atoms with Gasteiger partial charge in [0.05, 0.1) is 7.11 Å². The van der Waals surface area contributed by atoms with E-state index in [0.717, 1.165) is 5.56 Å². The van der Waals surface area contributed by atoms with E-state index >= 15 is 0 Å². The number of nitrogens with zero attached hydrogens (tertiary/aromatic N) is 3. The number of ether oxygens (including phenoxy) is 1. The standard InChI is InChI=1S/C11H10ClFN4O/c1-6-3-4-7(13)5-8(6)14-10-15-9(12)16-11(17-10)18-2/h3-5H,1-2H3,(H,14,15,16,17). The Morgan fingerprint density at radius 1 is 1.28 bits per heavy atom. The first-order valence-corrected chi connectivity index (χ1v) is 5.45. The number of hydrogen-bond donors (Lipinski definition) is 1. The molecule has 0 aliphatic rings. The largest absolute Gasteiger partial charge is 0.467 e. The van der Waals surface area contributed by atoms with Crippen LogP contribution >= 0.6 is 11.6 Å². The summed E-state index contributed by atoms with van der Waals surface area (Å²) in [4.78, 5) is 11.6. The van der Waals surface area contributed by atoms with Gasteiger partial charge >= 0.3 is 6.01 Å². The molecule has 0 aliphatic heterocycles. The van der Waals surface area contributed by atoms with Crippen molar-refractivity contribution < 1.29 is 9.13 Å². The van der Waals surface area contributed by atoms with Gasteiger partial charge in [0.25, 0.3) is 0 Å². The quantitative estimate of drug-likeness (QED) is 0.927. The zero-order chi connectivity index (χ0) is 13.1. The molecule has 0 saturated heterocycles. The average molecular weight is 269 g/mol. The van der Waals surface area contributed by atoms with Gasteiger partial charge < -0.3 is 10.1 Å². The molecule has 0 unspecified atom stereocenters. The Labute approximate surface area is 108 Å². The van der Waals surface area contributed by atoms with Gasteiger partial charge in [0.1, 0.15) is 5.82 Å². The van der Waals surface area contributed by atoms with Crippen molar-refractivity contribution in [3.8, 4) is 6.01 Å². The summed E-state index contributed by atoms with van der Waals surface area (Å²) in [6.45, 7) is 1.84. The second-order valence-electron chi connectivity index (χ2n) is 3.50. The molecule has 7 heteroatoms. The second kappa shape index (κ2) is 5.14. The fourth-order valence-corrected chi connectivity index (χ4v) is 1.48. The third-order valence-electron chi connectivity index (χ3n) is 2.22. The topological polar surface area (TPSA) is 59.9 Å². The highest BCUT2D eigenvalue weighted by Crippen LogP contribution is 2.20. The Hall–Kier alpha value is -1.95. The number of aryl methyl sites for hydroxylation is 1. The lowest BCUT2D eigenvalue weighted by molar-refractivity contribution is 0.379. The minimum Gasteiger partial charge on any atom is -0.467 e. The van der Waals surface area contributed by atoms with Crippen LogP contribution in [0.4, 0.5) is 16.0 Å². The Morgan fingerprint density at radius 2 is 2.06 bits per heavy atom. The summed E-state index contributed by atoms with van der Waals surface area (Å²) in [7, 11) is 1.42. The number of methoxy groups -OCH3 is 1. The predicted octanol–water partition coefficient (Wildman–Crippen LogP) is 2.72. The molecule has 0 amide bonds. The van der Waals surface area contributed by atoms with Crippen LogP contribution in [0.15, 0.2) is 18.2 Å². The van der Waals surface area contributed by atoms with Gasteiger partial charge in [-0.15, -0.1) is 0 Å². The summed E-state index contributed by atoms with van der Waals surface area (Å²) in [5.41, 5.74) is 1.41. The second-order valence-corrected chi connectivity index (χ2v) is 3.84. The summed E-state index contributed by atoms with van der Waals surface area (Å²) in [6, 6.07) is 4.46. The summed E-state index contributed by atoms with van der Waals surface area (Å²) < 4.78 is 18.0. The molecule has 0 spiro atoms. The van der Waals surface area contributed by atoms with Crippen LogP contribution in [-0.2, 0) is 0 Å². The summed E-state index contributed by atoms with van der Waals surface area (Å²) in [5.74, 6) is -0.157. The first-order chi connectivity index (χ1) is 8.58. The molecule has 18 heavy (non-hydrogen) atoms. The van der Waals surface area contributed by atoms with E-state index in [-0.39, 0.29) is 23.1 Å². The zero-order valence-electron chi connectivity index (χ0n) is 9.74. The SMILES string of the molecule is COc1nc(Cl)nc(Nc2cc(F)ccc2C)n1. The summed E-state index contributed by atoms with van der Waals surface area (Å²) in [6.07, 6.45) is 0. The first kappa shape index (κ1) is 12.5. The third kappa shape index (κ3) is 2.84. The maximum absolute atomic E-state index is 13.1. The highest BCUT2D eigenvalue weighted by Gasteiger charge is 2.07. The number of benzene rings is 1. The van der Waals surface area contributed by atoms with Gasteiger partial charge in [-0.05, 0) is 36.2 Å². The number of rotatable bonds is 3. The maximum atomic E-state index is 13.1. The lowest BCUT2D eigenvalue weighted by Crippen LogP contribution is -2.03. The molecule has 1 aromatic heterocycles. The van der Waals surface area contributed by atoms with Crippen LogP contribution in [0.5, 0.6) is 6.01 Å². The Bertz CT molecular complexity index is 579. The number of hydrogen-bond acceptors (Lipinski definition) is 5. The highest BCUT2D eigenvalue weighted by atomic mass is 35.5. The molecular formula is C11H10ClFN4O. The van der Waals surface area contributed by atoms with Crippen LogP contribution < -0.4 is 10.1 Å². The molecule has 5 nitrogen and oxygen atoms in total. The van der Waals surface area contributed by atoms with Crippen molar-refractivity contribution in [1.82, 2.24) is 15.0 Å². The van der Waals surface area contributed by atoms with E-state index in [2.05, 4.69) is 20.3 Å². The fourth-order valence-electron chi connectivity index (χ4n) is 1.33. The molecule has 0 aliphatic carbocycles. The molecule has 0 bridgehead atoms. The van der Waals surface area contributed by atoms with Gasteiger partial charge in [0.15, 0.2) is 0 Å². The monoisotopic (exact) mass is 268 g/mol. The van der Waals surface area contributed by atoms with Crippen molar-refractivity contribution in [2.45, 2.75) is 6.92 Å². The molecule has 2 rings (SSSR count). The number of halogens is 2. The fraction of sp³-hybridized carbons (Fsp3) is 0.182. The van der Waals surface area contributed by atoms with E-state index in [1.807, 2.05) is 6.92 Å². The number of anilines is 2. The van der Waals surface area contributed by atoms with Gasteiger partial charge in [0, 0.05) is 5.69 Å². The van der Waals surface area contributed by atoms with Crippen molar-refractivity contribution in [2.75, 3.05) is 12.4 Å². The van der Waals surface area contributed by atoms with Crippen molar-refractivity contribution in [3.05, 3.63) is 34.9 Å². The van der Waals surface area contributed by atoms with Crippen molar-refractivity contribution in [2.24, 2.45) is 0 Å². The molecule has 2 aromatic rings. The van der Waals surface area contributed by atoms with Gasteiger partial charge in [-0.2, -0.15) is 15.0 Å². The first-order valence-electron chi connectivity index (χ1n) is 5.07. The molecule has 1 N–H and O–H groups in total. The molecule has 1 aromatic carbocycles. The Balaban J connectivity index is 2.33. The van der Waals surface area contributed by atoms with Crippen molar-refractivity contribution >= 4 is 23.2 Å². The van der Waals surface area contributed by atoms with Gasteiger partial charge in [-0.3, -0.25) is 0 Å². The van der Waals surface area contributed by atoms with E-state index in [0.29, 0.717) is 5.69 Å². The van der Waals surface area contributed by atoms with Gasteiger partial charge in [0.2, 0.25) is 11.2 Å². The van der Waals surface area contributed by atoms with E-state index in [1.165, 1.54) is 19.2 Å².